The minimum absolute atomic E-state index is 0.0920. The summed E-state index contributed by atoms with van der Waals surface area (Å²) in [5, 5.41) is 15.4. The number of nitrogens with zero attached hydrogens (tertiary/aromatic N) is 2. The van der Waals surface area contributed by atoms with Crippen LogP contribution in [0.4, 0.5) is 0 Å². The Balaban J connectivity index is 2.55. The summed E-state index contributed by atoms with van der Waals surface area (Å²) < 4.78 is 1.79. The fraction of sp³-hybridized carbons (Fsp3) is 0.500. The van der Waals surface area contributed by atoms with Crippen molar-refractivity contribution in [1.82, 2.24) is 9.78 Å². The van der Waals surface area contributed by atoms with Gasteiger partial charge in [0.1, 0.15) is 6.10 Å². The summed E-state index contributed by atoms with van der Waals surface area (Å²) in [5.74, 6) is 0. The van der Waals surface area contributed by atoms with Crippen LogP contribution in [0.3, 0.4) is 0 Å². The van der Waals surface area contributed by atoms with Gasteiger partial charge in [0.05, 0.1) is 5.69 Å². The molecule has 0 aliphatic rings. The highest BCUT2D eigenvalue weighted by atomic mass is 16.3. The first-order valence-corrected chi connectivity index (χ1v) is 7.41. The predicted molar refractivity (Wildman–Crippen MR) is 86.6 cm³/mol. The quantitative estimate of drug-likeness (QED) is 0.913. The van der Waals surface area contributed by atoms with E-state index in [9.17, 15) is 5.11 Å². The average molecular weight is 286 g/mol. The van der Waals surface area contributed by atoms with E-state index >= 15 is 0 Å². The van der Waals surface area contributed by atoms with E-state index in [0.29, 0.717) is 0 Å². The zero-order chi connectivity index (χ0) is 15.9. The number of aryl methyl sites for hydroxylation is 4. The Morgan fingerprint density at radius 1 is 1.00 bits per heavy atom. The third-order valence-electron chi connectivity index (χ3n) is 4.04. The third-order valence-corrected chi connectivity index (χ3v) is 4.04. The van der Waals surface area contributed by atoms with Crippen molar-refractivity contribution in [2.75, 3.05) is 0 Å². The number of aromatic nitrogens is 2. The molecule has 2 aromatic rings. The minimum atomic E-state index is -0.632. The molecule has 0 spiro atoms. The van der Waals surface area contributed by atoms with E-state index in [1.165, 1.54) is 11.1 Å². The molecule has 0 saturated heterocycles. The van der Waals surface area contributed by atoms with Gasteiger partial charge in [0, 0.05) is 24.2 Å². The first-order valence-electron chi connectivity index (χ1n) is 7.41. The lowest BCUT2D eigenvalue weighted by Gasteiger charge is -2.21. The number of benzene rings is 1. The molecule has 21 heavy (non-hydrogen) atoms. The monoisotopic (exact) mass is 286 g/mol. The Morgan fingerprint density at radius 3 is 2.14 bits per heavy atom. The lowest BCUT2D eigenvalue weighted by molar-refractivity contribution is 0.216. The van der Waals surface area contributed by atoms with Crippen LogP contribution in [0, 0.1) is 20.8 Å². The Hall–Kier alpha value is -1.61. The van der Waals surface area contributed by atoms with Gasteiger partial charge >= 0.3 is 0 Å². The number of aliphatic hydroxyl groups is 1. The van der Waals surface area contributed by atoms with Crippen molar-refractivity contribution >= 4 is 0 Å². The molecule has 0 radical (unpaired) electrons. The second-order valence-corrected chi connectivity index (χ2v) is 7.05. The van der Waals surface area contributed by atoms with Gasteiger partial charge in [-0.3, -0.25) is 4.68 Å². The van der Waals surface area contributed by atoms with Crippen molar-refractivity contribution in [3.8, 4) is 0 Å². The molecule has 1 aromatic carbocycles. The predicted octanol–water partition coefficient (Wildman–Crippen LogP) is 3.72. The molecule has 0 bridgehead atoms. The first-order chi connectivity index (χ1) is 9.61. The molecule has 0 saturated carbocycles. The fourth-order valence-electron chi connectivity index (χ4n) is 2.73. The third kappa shape index (κ3) is 3.03. The Bertz CT molecular complexity index is 663. The summed E-state index contributed by atoms with van der Waals surface area (Å²) in [4.78, 5) is 0. The highest BCUT2D eigenvalue weighted by molar-refractivity contribution is 5.42. The standard InChI is InChI=1S/C18H26N2O/c1-11-8-13(3)14(9-12(11)2)16(21)15-10-20(7)19-17(15)18(4,5)6/h8-10,16,21H,1-7H3. The van der Waals surface area contributed by atoms with Crippen LogP contribution in [0.5, 0.6) is 0 Å². The van der Waals surface area contributed by atoms with Crippen LogP contribution in [-0.4, -0.2) is 14.9 Å². The second-order valence-electron chi connectivity index (χ2n) is 7.05. The lowest BCUT2D eigenvalue weighted by atomic mass is 9.85. The van der Waals surface area contributed by atoms with Crippen molar-refractivity contribution < 1.29 is 5.11 Å². The summed E-state index contributed by atoms with van der Waals surface area (Å²) >= 11 is 0. The molecule has 2 rings (SSSR count). The Morgan fingerprint density at radius 2 is 1.57 bits per heavy atom. The van der Waals surface area contributed by atoms with Crippen molar-refractivity contribution in [3.05, 3.63) is 51.8 Å². The molecule has 1 aromatic heterocycles. The molecule has 0 amide bonds. The van der Waals surface area contributed by atoms with Crippen molar-refractivity contribution in [2.24, 2.45) is 7.05 Å². The summed E-state index contributed by atoms with van der Waals surface area (Å²) in [6.45, 7) is 12.6. The number of hydrogen-bond acceptors (Lipinski definition) is 2. The van der Waals surface area contributed by atoms with E-state index in [0.717, 1.165) is 22.4 Å². The fourth-order valence-corrected chi connectivity index (χ4v) is 2.73. The normalized spacial score (nSPS) is 13.5. The van der Waals surface area contributed by atoms with Gasteiger partial charge in [-0.1, -0.05) is 32.9 Å². The van der Waals surface area contributed by atoms with Crippen molar-refractivity contribution in [1.29, 1.82) is 0 Å². The molecule has 3 heteroatoms. The van der Waals surface area contributed by atoms with Crippen LogP contribution in [0.25, 0.3) is 0 Å². The maximum Gasteiger partial charge on any atom is 0.108 e. The van der Waals surface area contributed by atoms with Gasteiger partial charge in [-0.05, 0) is 43.0 Å². The van der Waals surface area contributed by atoms with E-state index < -0.39 is 6.10 Å². The molecule has 1 heterocycles. The summed E-state index contributed by atoms with van der Waals surface area (Å²) in [6, 6.07) is 4.23. The van der Waals surface area contributed by atoms with Gasteiger partial charge in [0.15, 0.2) is 0 Å². The van der Waals surface area contributed by atoms with E-state index in [1.54, 1.807) is 4.68 Å². The molecule has 3 nitrogen and oxygen atoms in total. The Labute approximate surface area is 127 Å². The molecular formula is C18H26N2O. The smallest absolute Gasteiger partial charge is 0.108 e. The summed E-state index contributed by atoms with van der Waals surface area (Å²) in [5.41, 5.74) is 6.31. The summed E-state index contributed by atoms with van der Waals surface area (Å²) in [7, 11) is 1.90. The molecule has 1 N–H and O–H groups in total. The maximum absolute atomic E-state index is 10.9. The van der Waals surface area contributed by atoms with Crippen LogP contribution in [0.1, 0.15) is 60.4 Å². The van der Waals surface area contributed by atoms with Gasteiger partial charge in [0.2, 0.25) is 0 Å². The molecule has 1 unspecified atom stereocenters. The van der Waals surface area contributed by atoms with Gasteiger partial charge in [-0.25, -0.2) is 0 Å². The van der Waals surface area contributed by atoms with Gasteiger partial charge in [0.25, 0.3) is 0 Å². The first kappa shape index (κ1) is 15.8. The molecule has 1 atom stereocenters. The molecule has 0 aliphatic heterocycles. The number of aliphatic hydroxyl groups excluding tert-OH is 1. The van der Waals surface area contributed by atoms with E-state index in [1.807, 2.05) is 13.2 Å². The zero-order valence-electron chi connectivity index (χ0n) is 14.2. The highest BCUT2D eigenvalue weighted by Crippen LogP contribution is 2.33. The molecular weight excluding hydrogens is 260 g/mol. The lowest BCUT2D eigenvalue weighted by Crippen LogP contribution is -2.17. The van der Waals surface area contributed by atoms with Crippen LogP contribution in [-0.2, 0) is 12.5 Å². The van der Waals surface area contributed by atoms with Gasteiger partial charge in [-0.2, -0.15) is 5.10 Å². The van der Waals surface area contributed by atoms with Gasteiger partial charge < -0.3 is 5.11 Å². The van der Waals surface area contributed by atoms with Gasteiger partial charge in [-0.15, -0.1) is 0 Å². The largest absolute Gasteiger partial charge is 0.384 e. The van der Waals surface area contributed by atoms with E-state index in [2.05, 4.69) is 58.8 Å². The topological polar surface area (TPSA) is 38.0 Å². The van der Waals surface area contributed by atoms with E-state index in [4.69, 9.17) is 0 Å². The van der Waals surface area contributed by atoms with Crippen LogP contribution >= 0.6 is 0 Å². The van der Waals surface area contributed by atoms with Crippen molar-refractivity contribution in [2.45, 2.75) is 53.1 Å². The minimum Gasteiger partial charge on any atom is -0.384 e. The average Bonchev–Trinajstić information content (AvgIpc) is 2.75. The van der Waals surface area contributed by atoms with Crippen LogP contribution in [0.2, 0.25) is 0 Å². The van der Waals surface area contributed by atoms with E-state index in [-0.39, 0.29) is 5.41 Å². The highest BCUT2D eigenvalue weighted by Gasteiger charge is 2.27. The van der Waals surface area contributed by atoms with Crippen LogP contribution < -0.4 is 0 Å². The van der Waals surface area contributed by atoms with Crippen LogP contribution in [0.15, 0.2) is 18.3 Å². The molecule has 114 valence electrons. The maximum atomic E-state index is 10.9. The SMILES string of the molecule is Cc1cc(C)c(C(O)c2cn(C)nc2C(C)(C)C)cc1C. The zero-order valence-corrected chi connectivity index (χ0v) is 14.2. The second kappa shape index (κ2) is 5.30. The Kier molecular flexibility index (Phi) is 3.98. The van der Waals surface area contributed by atoms with Crippen molar-refractivity contribution in [3.63, 3.8) is 0 Å². The number of rotatable bonds is 2. The number of hydrogen-bond donors (Lipinski definition) is 1. The molecule has 0 fully saturated rings. The summed E-state index contributed by atoms with van der Waals surface area (Å²) in [6.07, 6.45) is 1.30. The molecule has 0 aliphatic carbocycles.